The first-order chi connectivity index (χ1) is 11.1. The third-order valence-corrected chi connectivity index (χ3v) is 2.68. The van der Waals surface area contributed by atoms with Gasteiger partial charge in [0.05, 0.1) is 18.9 Å². The third kappa shape index (κ3) is 4.92. The highest BCUT2D eigenvalue weighted by atomic mass is 19.1. The van der Waals surface area contributed by atoms with Crippen LogP contribution in [0.4, 0.5) is 9.18 Å². The summed E-state index contributed by atoms with van der Waals surface area (Å²) in [5.74, 6) is -0.929. The summed E-state index contributed by atoms with van der Waals surface area (Å²) in [6.45, 7) is 0. The number of nitrogens with zero attached hydrogens (tertiary/aromatic N) is 1. The minimum atomic E-state index is -0.699. The zero-order valence-corrected chi connectivity index (χ0v) is 12.2. The Morgan fingerprint density at radius 2 is 1.96 bits per heavy atom. The maximum Gasteiger partial charge on any atom is 0.427 e. The van der Waals surface area contributed by atoms with Gasteiger partial charge in [-0.3, -0.25) is 0 Å². The second-order valence-corrected chi connectivity index (χ2v) is 4.33. The van der Waals surface area contributed by atoms with Crippen LogP contribution in [0.15, 0.2) is 53.6 Å². The number of hydrogen-bond acceptors (Lipinski definition) is 5. The summed E-state index contributed by atoms with van der Waals surface area (Å²) in [6.07, 6.45) is 0.658. The van der Waals surface area contributed by atoms with E-state index in [0.717, 1.165) is 6.07 Å². The molecule has 0 fully saturated rings. The maximum absolute atomic E-state index is 13.1. The molecule has 6 nitrogen and oxygen atoms in total. The van der Waals surface area contributed by atoms with Crippen molar-refractivity contribution < 1.29 is 23.5 Å². The molecule has 0 aliphatic carbocycles. The number of ether oxygens (including phenoxy) is 2. The average Bonchev–Trinajstić information content (AvgIpc) is 2.55. The summed E-state index contributed by atoms with van der Waals surface area (Å²) >= 11 is 0. The summed E-state index contributed by atoms with van der Waals surface area (Å²) in [6, 6.07) is 11.7. The van der Waals surface area contributed by atoms with Crippen molar-refractivity contribution in [1.82, 2.24) is 5.43 Å². The van der Waals surface area contributed by atoms with Crippen LogP contribution in [0.3, 0.4) is 0 Å². The van der Waals surface area contributed by atoms with E-state index < -0.39 is 17.9 Å². The van der Waals surface area contributed by atoms with Gasteiger partial charge in [0.1, 0.15) is 11.6 Å². The summed E-state index contributed by atoms with van der Waals surface area (Å²) in [5, 5.41) is 3.66. The van der Waals surface area contributed by atoms with Crippen LogP contribution in [-0.2, 0) is 4.74 Å². The minimum absolute atomic E-state index is 0.108. The fourth-order valence-electron chi connectivity index (χ4n) is 1.64. The number of carbonyl (C=O) groups is 2. The molecule has 0 aliphatic heterocycles. The van der Waals surface area contributed by atoms with Gasteiger partial charge in [0.2, 0.25) is 0 Å². The number of nitrogens with one attached hydrogen (secondary N) is 1. The fraction of sp³-hybridized carbons (Fsp3) is 0.0625. The molecule has 7 heteroatoms. The molecule has 0 heterocycles. The summed E-state index contributed by atoms with van der Waals surface area (Å²) in [4.78, 5) is 22.8. The van der Waals surface area contributed by atoms with E-state index in [2.05, 4.69) is 15.3 Å². The minimum Gasteiger partial charge on any atom is -0.452 e. The van der Waals surface area contributed by atoms with Crippen molar-refractivity contribution in [3.8, 4) is 5.75 Å². The molecule has 23 heavy (non-hydrogen) atoms. The smallest absolute Gasteiger partial charge is 0.427 e. The molecule has 2 rings (SSSR count). The van der Waals surface area contributed by atoms with E-state index in [4.69, 9.17) is 4.74 Å². The predicted octanol–water partition coefficient (Wildman–Crippen LogP) is 2.73. The zero-order chi connectivity index (χ0) is 16.7. The van der Waals surface area contributed by atoms with E-state index in [9.17, 15) is 14.0 Å². The Morgan fingerprint density at radius 3 is 2.70 bits per heavy atom. The van der Waals surface area contributed by atoms with Crippen LogP contribution >= 0.6 is 0 Å². The van der Waals surface area contributed by atoms with E-state index in [1.54, 1.807) is 24.3 Å². The Bertz CT molecular complexity index is 746. The maximum atomic E-state index is 13.1. The van der Waals surface area contributed by atoms with Crippen molar-refractivity contribution in [1.29, 1.82) is 0 Å². The first-order valence-corrected chi connectivity index (χ1v) is 6.53. The molecular formula is C16H13FN2O4. The standard InChI is InChI=1S/C16H13FN2O4/c1-22-16(21)19-18-10-11-4-2-7-14(8-11)23-15(20)12-5-3-6-13(17)9-12/h2-10H,1H3,(H,19,21). The molecule has 0 bridgehead atoms. The van der Waals surface area contributed by atoms with E-state index in [-0.39, 0.29) is 11.3 Å². The molecule has 0 spiro atoms. The lowest BCUT2D eigenvalue weighted by Gasteiger charge is -2.05. The van der Waals surface area contributed by atoms with Crippen molar-refractivity contribution in [2.45, 2.75) is 0 Å². The number of rotatable bonds is 4. The highest BCUT2D eigenvalue weighted by Gasteiger charge is 2.09. The third-order valence-electron chi connectivity index (χ3n) is 2.68. The van der Waals surface area contributed by atoms with Gasteiger partial charge in [0.15, 0.2) is 0 Å². The Balaban J connectivity index is 2.05. The molecule has 0 unspecified atom stereocenters. The normalized spacial score (nSPS) is 10.3. The largest absolute Gasteiger partial charge is 0.452 e. The van der Waals surface area contributed by atoms with Crippen LogP contribution in [0, 0.1) is 5.82 Å². The number of carbonyl (C=O) groups excluding carboxylic acids is 2. The van der Waals surface area contributed by atoms with Crippen molar-refractivity contribution in [2.75, 3.05) is 7.11 Å². The number of benzene rings is 2. The summed E-state index contributed by atoms with van der Waals surface area (Å²) in [7, 11) is 1.22. The zero-order valence-electron chi connectivity index (χ0n) is 12.2. The Morgan fingerprint density at radius 1 is 1.17 bits per heavy atom. The molecule has 0 saturated carbocycles. The molecule has 0 atom stereocenters. The number of hydrogen-bond donors (Lipinski definition) is 1. The summed E-state index contributed by atoms with van der Waals surface area (Å²) in [5.41, 5.74) is 2.83. The van der Waals surface area contributed by atoms with E-state index >= 15 is 0 Å². The molecule has 0 radical (unpaired) electrons. The molecule has 118 valence electrons. The lowest BCUT2D eigenvalue weighted by molar-refractivity contribution is 0.0734. The van der Waals surface area contributed by atoms with Gasteiger partial charge in [-0.2, -0.15) is 5.10 Å². The second kappa shape index (κ2) is 7.69. The van der Waals surface area contributed by atoms with Crippen LogP contribution in [0.2, 0.25) is 0 Å². The number of esters is 1. The van der Waals surface area contributed by atoms with Gasteiger partial charge in [-0.15, -0.1) is 0 Å². The van der Waals surface area contributed by atoms with Gasteiger partial charge in [0.25, 0.3) is 0 Å². The van der Waals surface area contributed by atoms with Crippen molar-refractivity contribution in [3.63, 3.8) is 0 Å². The molecule has 0 saturated heterocycles. The Hall–Kier alpha value is -3.22. The van der Waals surface area contributed by atoms with E-state index in [1.165, 1.54) is 31.5 Å². The van der Waals surface area contributed by atoms with E-state index in [1.807, 2.05) is 0 Å². The second-order valence-electron chi connectivity index (χ2n) is 4.33. The molecule has 2 aromatic rings. The van der Waals surface area contributed by atoms with Gasteiger partial charge in [-0.05, 0) is 35.9 Å². The number of hydrazone groups is 1. The average molecular weight is 316 g/mol. The Kier molecular flexibility index (Phi) is 5.40. The Labute approximate surface area is 131 Å². The first-order valence-electron chi connectivity index (χ1n) is 6.53. The molecule has 2 aromatic carbocycles. The molecule has 1 N–H and O–H groups in total. The SMILES string of the molecule is COC(=O)NN=Cc1cccc(OC(=O)c2cccc(F)c2)c1. The number of methoxy groups -OCH3 is 1. The molecule has 0 aliphatic rings. The monoisotopic (exact) mass is 316 g/mol. The van der Waals surface area contributed by atoms with Crippen molar-refractivity contribution in [2.24, 2.45) is 5.10 Å². The van der Waals surface area contributed by atoms with Crippen LogP contribution in [-0.4, -0.2) is 25.4 Å². The highest BCUT2D eigenvalue weighted by Crippen LogP contribution is 2.15. The van der Waals surface area contributed by atoms with Gasteiger partial charge >= 0.3 is 12.1 Å². The number of amides is 1. The number of halogens is 1. The lowest BCUT2D eigenvalue weighted by atomic mass is 10.2. The van der Waals surface area contributed by atoms with Crippen LogP contribution in [0.25, 0.3) is 0 Å². The summed E-state index contributed by atoms with van der Waals surface area (Å²) < 4.78 is 22.6. The lowest BCUT2D eigenvalue weighted by Crippen LogP contribution is -2.16. The van der Waals surface area contributed by atoms with Gasteiger partial charge in [-0.1, -0.05) is 18.2 Å². The van der Waals surface area contributed by atoms with Crippen LogP contribution in [0.5, 0.6) is 5.75 Å². The van der Waals surface area contributed by atoms with Crippen LogP contribution < -0.4 is 10.2 Å². The van der Waals surface area contributed by atoms with Crippen molar-refractivity contribution in [3.05, 3.63) is 65.5 Å². The van der Waals surface area contributed by atoms with Crippen molar-refractivity contribution >= 4 is 18.3 Å². The topological polar surface area (TPSA) is 77.0 Å². The predicted molar refractivity (Wildman–Crippen MR) is 80.9 cm³/mol. The fourth-order valence-corrected chi connectivity index (χ4v) is 1.64. The first kappa shape index (κ1) is 16.2. The molecular weight excluding hydrogens is 303 g/mol. The van der Waals surface area contributed by atoms with Gasteiger partial charge in [0, 0.05) is 0 Å². The quantitative estimate of drug-likeness (QED) is 0.407. The van der Waals surface area contributed by atoms with Gasteiger partial charge < -0.3 is 9.47 Å². The van der Waals surface area contributed by atoms with E-state index in [0.29, 0.717) is 5.56 Å². The highest BCUT2D eigenvalue weighted by molar-refractivity contribution is 5.91. The van der Waals surface area contributed by atoms with Crippen LogP contribution in [0.1, 0.15) is 15.9 Å². The molecule has 1 amide bonds. The van der Waals surface area contributed by atoms with Gasteiger partial charge in [-0.25, -0.2) is 19.4 Å². The molecule has 0 aromatic heterocycles.